The summed E-state index contributed by atoms with van der Waals surface area (Å²) in [4.78, 5) is 4.73. The number of thioether (sulfide) groups is 1. The van der Waals surface area contributed by atoms with Crippen molar-refractivity contribution in [2.24, 2.45) is 4.99 Å². The molecule has 1 aromatic carbocycles. The Hall–Kier alpha value is -1.36. The molecule has 1 aromatic rings. The molecule has 0 saturated heterocycles. The lowest BCUT2D eigenvalue weighted by Crippen LogP contribution is -2.20. The Kier molecular flexibility index (Phi) is 4.24. The molecule has 0 aromatic heterocycles. The fourth-order valence-corrected chi connectivity index (χ4v) is 3.01. The highest BCUT2D eigenvalue weighted by Crippen LogP contribution is 2.33. The predicted octanol–water partition coefficient (Wildman–Crippen LogP) is 3.39. The summed E-state index contributed by atoms with van der Waals surface area (Å²) in [6, 6.07) is 5.77. The molecule has 1 aliphatic heterocycles. The summed E-state index contributed by atoms with van der Waals surface area (Å²) in [7, 11) is 3.27. The van der Waals surface area contributed by atoms with Gasteiger partial charge in [0, 0.05) is 17.5 Å². The Labute approximate surface area is 118 Å². The average molecular weight is 280 g/mol. The molecular formula is C14H20N2O2S. The minimum Gasteiger partial charge on any atom is -0.493 e. The first-order chi connectivity index (χ1) is 9.10. The van der Waals surface area contributed by atoms with E-state index in [9.17, 15) is 0 Å². The number of methoxy groups -OCH3 is 2. The van der Waals surface area contributed by atoms with Crippen LogP contribution in [0, 0.1) is 0 Å². The number of benzene rings is 1. The van der Waals surface area contributed by atoms with Gasteiger partial charge in [-0.15, -0.1) is 0 Å². The molecule has 19 heavy (non-hydrogen) atoms. The monoisotopic (exact) mass is 280 g/mol. The number of ether oxygens (including phenoxy) is 2. The van der Waals surface area contributed by atoms with Crippen molar-refractivity contribution in [1.29, 1.82) is 0 Å². The van der Waals surface area contributed by atoms with Crippen LogP contribution in [0.15, 0.2) is 23.2 Å². The summed E-state index contributed by atoms with van der Waals surface area (Å²) in [5, 5.41) is 4.30. The first-order valence-corrected chi connectivity index (χ1v) is 7.30. The van der Waals surface area contributed by atoms with Gasteiger partial charge >= 0.3 is 0 Å². The van der Waals surface area contributed by atoms with E-state index in [2.05, 4.69) is 19.2 Å². The molecule has 0 fully saturated rings. The number of anilines is 1. The molecular weight excluding hydrogens is 260 g/mol. The minimum absolute atomic E-state index is 0.0591. The highest BCUT2D eigenvalue weighted by atomic mass is 32.2. The van der Waals surface area contributed by atoms with Crippen molar-refractivity contribution >= 4 is 22.6 Å². The Morgan fingerprint density at radius 3 is 2.63 bits per heavy atom. The van der Waals surface area contributed by atoms with E-state index in [1.807, 2.05) is 18.2 Å². The van der Waals surface area contributed by atoms with Gasteiger partial charge in [0.05, 0.1) is 19.8 Å². The summed E-state index contributed by atoms with van der Waals surface area (Å²) in [6.45, 7) is 4.35. The first kappa shape index (κ1) is 14.1. The van der Waals surface area contributed by atoms with Crippen molar-refractivity contribution in [3.63, 3.8) is 0 Å². The van der Waals surface area contributed by atoms with E-state index in [0.717, 1.165) is 28.8 Å². The minimum atomic E-state index is 0.0591. The van der Waals surface area contributed by atoms with Crippen LogP contribution >= 0.6 is 11.8 Å². The van der Waals surface area contributed by atoms with Gasteiger partial charge in [-0.2, -0.15) is 0 Å². The van der Waals surface area contributed by atoms with Crippen LogP contribution in [0.1, 0.15) is 20.3 Å². The maximum atomic E-state index is 5.29. The summed E-state index contributed by atoms with van der Waals surface area (Å²) < 4.78 is 10.5. The van der Waals surface area contributed by atoms with E-state index in [-0.39, 0.29) is 5.54 Å². The van der Waals surface area contributed by atoms with Gasteiger partial charge in [0.2, 0.25) is 0 Å². The van der Waals surface area contributed by atoms with Gasteiger partial charge in [-0.05, 0) is 25.5 Å². The molecule has 0 aliphatic carbocycles. The molecule has 1 atom stereocenters. The number of hydrogen-bond acceptors (Lipinski definition) is 5. The van der Waals surface area contributed by atoms with Crippen molar-refractivity contribution in [1.82, 2.24) is 0 Å². The summed E-state index contributed by atoms with van der Waals surface area (Å²) in [6.07, 6.45) is 1.05. The molecule has 1 N–H and O–H groups in total. The van der Waals surface area contributed by atoms with Crippen molar-refractivity contribution in [2.45, 2.75) is 25.8 Å². The second-order valence-electron chi connectivity index (χ2n) is 4.75. The fraction of sp³-hybridized carbons (Fsp3) is 0.500. The van der Waals surface area contributed by atoms with Gasteiger partial charge in [0.15, 0.2) is 16.7 Å². The van der Waals surface area contributed by atoms with E-state index < -0.39 is 0 Å². The van der Waals surface area contributed by atoms with Gasteiger partial charge in [-0.25, -0.2) is 0 Å². The number of rotatable bonds is 4. The second-order valence-corrected chi connectivity index (χ2v) is 5.71. The standard InChI is InChI=1S/C14H20N2O2S/c1-5-14(2)9-19-13(16-14)15-10-6-7-11(17-3)12(8-10)18-4/h6-8H,5,9H2,1-4H3,(H,15,16). The maximum absolute atomic E-state index is 5.29. The number of nitrogens with zero attached hydrogens (tertiary/aromatic N) is 1. The second kappa shape index (κ2) is 5.74. The zero-order valence-electron chi connectivity index (χ0n) is 11.8. The van der Waals surface area contributed by atoms with Crippen LogP contribution in [0.5, 0.6) is 11.5 Å². The number of nitrogens with one attached hydrogen (secondary N) is 1. The third-order valence-corrected chi connectivity index (χ3v) is 4.52. The fourth-order valence-electron chi connectivity index (χ4n) is 1.82. The van der Waals surface area contributed by atoms with Crippen LogP contribution in [-0.4, -0.2) is 30.7 Å². The molecule has 4 nitrogen and oxygen atoms in total. The van der Waals surface area contributed by atoms with Gasteiger partial charge in [-0.3, -0.25) is 4.99 Å². The highest BCUT2D eigenvalue weighted by molar-refractivity contribution is 8.14. The lowest BCUT2D eigenvalue weighted by Gasteiger charge is -2.15. The number of amidine groups is 1. The van der Waals surface area contributed by atoms with Crippen LogP contribution in [-0.2, 0) is 0 Å². The molecule has 0 amide bonds. The zero-order chi connectivity index (χ0) is 13.9. The summed E-state index contributed by atoms with van der Waals surface area (Å²) in [5.41, 5.74) is 1.02. The van der Waals surface area contributed by atoms with E-state index in [4.69, 9.17) is 14.5 Å². The molecule has 1 heterocycles. The third kappa shape index (κ3) is 3.15. The number of aliphatic imine (C=N–C) groups is 1. The normalized spacial score (nSPS) is 22.0. The Morgan fingerprint density at radius 1 is 1.32 bits per heavy atom. The molecule has 1 unspecified atom stereocenters. The quantitative estimate of drug-likeness (QED) is 0.918. The Balaban J connectivity index is 2.14. The molecule has 0 radical (unpaired) electrons. The topological polar surface area (TPSA) is 42.8 Å². The molecule has 0 spiro atoms. The van der Waals surface area contributed by atoms with E-state index in [0.29, 0.717) is 5.75 Å². The molecule has 0 bridgehead atoms. The molecule has 5 heteroatoms. The average Bonchev–Trinajstić information content (AvgIpc) is 2.81. The summed E-state index contributed by atoms with van der Waals surface area (Å²) >= 11 is 1.76. The smallest absolute Gasteiger partial charge is 0.162 e. The van der Waals surface area contributed by atoms with E-state index >= 15 is 0 Å². The lowest BCUT2D eigenvalue weighted by molar-refractivity contribution is 0.355. The van der Waals surface area contributed by atoms with Crippen LogP contribution < -0.4 is 14.8 Å². The van der Waals surface area contributed by atoms with Gasteiger partial charge in [0.1, 0.15) is 0 Å². The van der Waals surface area contributed by atoms with Crippen molar-refractivity contribution in [2.75, 3.05) is 25.3 Å². The van der Waals surface area contributed by atoms with Crippen LogP contribution in [0.25, 0.3) is 0 Å². The molecule has 1 aliphatic rings. The first-order valence-electron chi connectivity index (χ1n) is 6.32. The van der Waals surface area contributed by atoms with Crippen LogP contribution in [0.2, 0.25) is 0 Å². The van der Waals surface area contributed by atoms with Crippen LogP contribution in [0.4, 0.5) is 5.69 Å². The largest absolute Gasteiger partial charge is 0.493 e. The van der Waals surface area contributed by atoms with Crippen molar-refractivity contribution in [3.05, 3.63) is 18.2 Å². The SMILES string of the molecule is CCC1(C)CSC(Nc2ccc(OC)c(OC)c2)=N1. The number of hydrogen-bond donors (Lipinski definition) is 1. The zero-order valence-corrected chi connectivity index (χ0v) is 12.6. The predicted molar refractivity (Wildman–Crippen MR) is 81.8 cm³/mol. The molecule has 104 valence electrons. The van der Waals surface area contributed by atoms with Crippen LogP contribution in [0.3, 0.4) is 0 Å². The van der Waals surface area contributed by atoms with Gasteiger partial charge in [-0.1, -0.05) is 18.7 Å². The van der Waals surface area contributed by atoms with Gasteiger partial charge < -0.3 is 14.8 Å². The van der Waals surface area contributed by atoms with E-state index in [1.165, 1.54) is 0 Å². The van der Waals surface area contributed by atoms with Crippen molar-refractivity contribution < 1.29 is 9.47 Å². The maximum Gasteiger partial charge on any atom is 0.162 e. The lowest BCUT2D eigenvalue weighted by atomic mass is 10.0. The third-order valence-electron chi connectivity index (χ3n) is 3.29. The molecule has 2 rings (SSSR count). The van der Waals surface area contributed by atoms with Crippen molar-refractivity contribution in [3.8, 4) is 11.5 Å². The van der Waals surface area contributed by atoms with Gasteiger partial charge in [0.25, 0.3) is 0 Å². The summed E-state index contributed by atoms with van der Waals surface area (Å²) in [5.74, 6) is 2.47. The van der Waals surface area contributed by atoms with E-state index in [1.54, 1.807) is 26.0 Å². The molecule has 0 saturated carbocycles. The Bertz CT molecular complexity index is 490. The Morgan fingerprint density at radius 2 is 2.05 bits per heavy atom. The highest BCUT2D eigenvalue weighted by Gasteiger charge is 2.28.